The van der Waals surface area contributed by atoms with Gasteiger partial charge in [0.1, 0.15) is 0 Å². The Labute approximate surface area is 160 Å². The molecule has 1 N–H and O–H groups in total. The lowest BCUT2D eigenvalue weighted by Crippen LogP contribution is -2.39. The predicted octanol–water partition coefficient (Wildman–Crippen LogP) is 8.17. The van der Waals surface area contributed by atoms with Crippen molar-refractivity contribution >= 4 is 0 Å². The molecule has 0 saturated carbocycles. The van der Waals surface area contributed by atoms with Crippen LogP contribution in [0.5, 0.6) is 0 Å². The van der Waals surface area contributed by atoms with Gasteiger partial charge in [-0.05, 0) is 32.2 Å². The molecular weight excluding hydrogens is 302 g/mol. The van der Waals surface area contributed by atoms with E-state index in [1.807, 2.05) is 0 Å². The van der Waals surface area contributed by atoms with Gasteiger partial charge in [-0.15, -0.1) is 0 Å². The molecule has 0 spiro atoms. The average molecular weight is 352 g/mol. The summed E-state index contributed by atoms with van der Waals surface area (Å²) in [6.45, 7) is 5.88. The largest absolute Gasteiger partial charge is 0.311 e. The van der Waals surface area contributed by atoms with Gasteiger partial charge in [-0.25, -0.2) is 0 Å². The van der Waals surface area contributed by atoms with Crippen LogP contribution >= 0.6 is 0 Å². The summed E-state index contributed by atoms with van der Waals surface area (Å²) in [5, 5.41) is 3.91. The quantitative estimate of drug-likeness (QED) is 0.245. The molecule has 1 rings (SSSR count). The Morgan fingerprint density at radius 1 is 0.560 bits per heavy atom. The molecule has 0 amide bonds. The molecule has 1 saturated heterocycles. The van der Waals surface area contributed by atoms with Crippen molar-refractivity contribution < 1.29 is 0 Å². The zero-order chi connectivity index (χ0) is 18.1. The van der Waals surface area contributed by atoms with Crippen molar-refractivity contribution in [2.24, 2.45) is 0 Å². The van der Waals surface area contributed by atoms with Crippen LogP contribution in [0.4, 0.5) is 0 Å². The second-order valence-electron chi connectivity index (χ2n) is 8.76. The first-order chi connectivity index (χ1) is 12.3. The molecule has 1 aliphatic heterocycles. The van der Waals surface area contributed by atoms with E-state index >= 15 is 0 Å². The van der Waals surface area contributed by atoms with E-state index in [1.165, 1.54) is 135 Å². The van der Waals surface area contributed by atoms with E-state index in [-0.39, 0.29) is 0 Å². The molecule has 0 aromatic carbocycles. The number of hydrogen-bond donors (Lipinski definition) is 1. The van der Waals surface area contributed by atoms with E-state index in [9.17, 15) is 0 Å². The van der Waals surface area contributed by atoms with Crippen molar-refractivity contribution in [1.29, 1.82) is 0 Å². The van der Waals surface area contributed by atoms with Gasteiger partial charge in [0.2, 0.25) is 0 Å². The first kappa shape index (κ1) is 23.0. The molecule has 1 heterocycles. The van der Waals surface area contributed by atoms with Crippen molar-refractivity contribution in [3.05, 3.63) is 0 Å². The van der Waals surface area contributed by atoms with Crippen LogP contribution < -0.4 is 5.32 Å². The highest BCUT2D eigenvalue weighted by Gasteiger charge is 2.31. The van der Waals surface area contributed by atoms with E-state index < -0.39 is 0 Å². The summed E-state index contributed by atoms with van der Waals surface area (Å²) >= 11 is 0. The molecule has 0 aromatic heterocycles. The highest BCUT2D eigenvalue weighted by atomic mass is 15.0. The van der Waals surface area contributed by atoms with Crippen LogP contribution in [0.15, 0.2) is 0 Å². The van der Waals surface area contributed by atoms with Crippen LogP contribution in [-0.4, -0.2) is 12.1 Å². The third-order valence-electron chi connectivity index (χ3n) is 6.35. The summed E-state index contributed by atoms with van der Waals surface area (Å²) in [5.74, 6) is 0. The summed E-state index contributed by atoms with van der Waals surface area (Å²) in [7, 11) is 0. The highest BCUT2D eigenvalue weighted by Crippen LogP contribution is 2.31. The molecule has 1 fully saturated rings. The van der Waals surface area contributed by atoms with Gasteiger partial charge in [0, 0.05) is 5.54 Å². The normalized spacial score (nSPS) is 16.6. The second-order valence-corrected chi connectivity index (χ2v) is 8.76. The standard InChI is InChI=1S/C24H49N/c1-3-5-7-9-11-13-15-17-20-24(22-19-23-25-24)21-18-16-14-12-10-8-6-4-2/h25H,3-23H2,1-2H3. The lowest BCUT2D eigenvalue weighted by molar-refractivity contribution is 0.298. The number of hydrogen-bond acceptors (Lipinski definition) is 1. The molecule has 1 nitrogen and oxygen atoms in total. The highest BCUT2D eigenvalue weighted by molar-refractivity contribution is 4.92. The van der Waals surface area contributed by atoms with Crippen LogP contribution in [0.3, 0.4) is 0 Å². The molecule has 0 radical (unpaired) electrons. The fourth-order valence-electron chi connectivity index (χ4n) is 4.62. The molecule has 0 aromatic rings. The molecule has 150 valence electrons. The SMILES string of the molecule is CCCCCCCCCCC1(CCCCCCCCCC)CCCN1. The molecule has 1 heteroatoms. The minimum atomic E-state index is 0.532. The molecule has 0 unspecified atom stereocenters. The number of nitrogens with one attached hydrogen (secondary N) is 1. The minimum absolute atomic E-state index is 0.532. The summed E-state index contributed by atoms with van der Waals surface area (Å²) in [4.78, 5) is 0. The lowest BCUT2D eigenvalue weighted by Gasteiger charge is -2.30. The fourth-order valence-corrected chi connectivity index (χ4v) is 4.62. The maximum Gasteiger partial charge on any atom is 0.0182 e. The predicted molar refractivity (Wildman–Crippen MR) is 114 cm³/mol. The monoisotopic (exact) mass is 351 g/mol. The van der Waals surface area contributed by atoms with E-state index in [0.717, 1.165) is 0 Å². The van der Waals surface area contributed by atoms with Crippen LogP contribution in [0.2, 0.25) is 0 Å². The lowest BCUT2D eigenvalue weighted by atomic mass is 9.85. The average Bonchev–Trinajstić information content (AvgIpc) is 3.09. The number of unbranched alkanes of at least 4 members (excludes halogenated alkanes) is 14. The van der Waals surface area contributed by atoms with Gasteiger partial charge in [0.25, 0.3) is 0 Å². The smallest absolute Gasteiger partial charge is 0.0182 e. The van der Waals surface area contributed by atoms with Crippen molar-refractivity contribution in [3.8, 4) is 0 Å². The maximum atomic E-state index is 3.91. The Morgan fingerprint density at radius 3 is 1.32 bits per heavy atom. The van der Waals surface area contributed by atoms with Gasteiger partial charge in [0.05, 0.1) is 0 Å². The van der Waals surface area contributed by atoms with Gasteiger partial charge < -0.3 is 5.32 Å². The summed E-state index contributed by atoms with van der Waals surface area (Å²) in [6, 6.07) is 0. The molecule has 1 aliphatic rings. The van der Waals surface area contributed by atoms with Gasteiger partial charge in [-0.1, -0.05) is 117 Å². The van der Waals surface area contributed by atoms with Crippen LogP contribution in [0.1, 0.15) is 142 Å². The van der Waals surface area contributed by atoms with Gasteiger partial charge >= 0.3 is 0 Å². The van der Waals surface area contributed by atoms with Crippen molar-refractivity contribution in [2.45, 2.75) is 148 Å². The topological polar surface area (TPSA) is 12.0 Å². The Kier molecular flexibility index (Phi) is 14.9. The Hall–Kier alpha value is -0.0400. The third-order valence-corrected chi connectivity index (χ3v) is 6.35. The maximum absolute atomic E-state index is 3.91. The van der Waals surface area contributed by atoms with Crippen LogP contribution in [0.25, 0.3) is 0 Å². The Bertz CT molecular complexity index is 245. The van der Waals surface area contributed by atoms with Crippen molar-refractivity contribution in [1.82, 2.24) is 5.32 Å². The van der Waals surface area contributed by atoms with Crippen molar-refractivity contribution in [3.63, 3.8) is 0 Å². The molecule has 0 aliphatic carbocycles. The van der Waals surface area contributed by atoms with Crippen LogP contribution in [0, 0.1) is 0 Å². The molecular formula is C24H49N. The number of rotatable bonds is 18. The van der Waals surface area contributed by atoms with E-state index in [4.69, 9.17) is 0 Å². The Morgan fingerprint density at radius 2 is 0.960 bits per heavy atom. The van der Waals surface area contributed by atoms with Gasteiger partial charge in [-0.2, -0.15) is 0 Å². The molecule has 0 atom stereocenters. The third kappa shape index (κ3) is 12.1. The van der Waals surface area contributed by atoms with E-state index in [2.05, 4.69) is 19.2 Å². The zero-order valence-electron chi connectivity index (χ0n) is 17.8. The zero-order valence-corrected chi connectivity index (χ0v) is 17.8. The molecule has 0 bridgehead atoms. The van der Waals surface area contributed by atoms with Crippen molar-refractivity contribution in [2.75, 3.05) is 6.54 Å². The summed E-state index contributed by atoms with van der Waals surface area (Å²) < 4.78 is 0. The van der Waals surface area contributed by atoms with Crippen LogP contribution in [-0.2, 0) is 0 Å². The minimum Gasteiger partial charge on any atom is -0.311 e. The second kappa shape index (κ2) is 16.2. The van der Waals surface area contributed by atoms with E-state index in [0.29, 0.717) is 5.54 Å². The summed E-state index contributed by atoms with van der Waals surface area (Å²) in [6.07, 6.45) is 28.9. The first-order valence-electron chi connectivity index (χ1n) is 12.1. The Balaban J connectivity index is 2.01. The first-order valence-corrected chi connectivity index (χ1v) is 12.1. The fraction of sp³-hybridized carbons (Fsp3) is 1.00. The van der Waals surface area contributed by atoms with Gasteiger partial charge in [-0.3, -0.25) is 0 Å². The molecule has 25 heavy (non-hydrogen) atoms. The van der Waals surface area contributed by atoms with Gasteiger partial charge in [0.15, 0.2) is 0 Å². The van der Waals surface area contributed by atoms with E-state index in [1.54, 1.807) is 0 Å². The summed E-state index contributed by atoms with van der Waals surface area (Å²) in [5.41, 5.74) is 0.532.